The lowest BCUT2D eigenvalue weighted by Gasteiger charge is -2.08. The van der Waals surface area contributed by atoms with E-state index in [4.69, 9.17) is 4.74 Å². The molecular formula is C19H20N4O2. The molecule has 1 aromatic heterocycles. The Hall–Kier alpha value is -3.15. The summed E-state index contributed by atoms with van der Waals surface area (Å²) in [7, 11) is 0. The van der Waals surface area contributed by atoms with Gasteiger partial charge >= 0.3 is 0 Å². The van der Waals surface area contributed by atoms with Crippen molar-refractivity contribution in [1.82, 2.24) is 14.8 Å². The highest BCUT2D eigenvalue weighted by Crippen LogP contribution is 2.17. The van der Waals surface area contributed by atoms with Gasteiger partial charge in [0, 0.05) is 18.7 Å². The Morgan fingerprint density at radius 3 is 2.60 bits per heavy atom. The van der Waals surface area contributed by atoms with Gasteiger partial charge in [-0.05, 0) is 36.2 Å². The molecule has 0 aliphatic carbocycles. The van der Waals surface area contributed by atoms with Gasteiger partial charge in [-0.3, -0.25) is 9.48 Å². The molecule has 2 aromatic carbocycles. The molecule has 0 fully saturated rings. The molecule has 0 atom stereocenters. The smallest absolute Gasteiger partial charge is 0.224 e. The van der Waals surface area contributed by atoms with Crippen molar-refractivity contribution in [1.29, 1.82) is 0 Å². The van der Waals surface area contributed by atoms with Gasteiger partial charge < -0.3 is 10.1 Å². The Labute approximate surface area is 146 Å². The van der Waals surface area contributed by atoms with E-state index < -0.39 is 0 Å². The molecular weight excluding hydrogens is 316 g/mol. The molecule has 0 saturated heterocycles. The quantitative estimate of drug-likeness (QED) is 0.685. The fraction of sp³-hybridized carbons (Fsp3) is 0.211. The van der Waals surface area contributed by atoms with E-state index in [1.165, 1.54) is 6.33 Å². The van der Waals surface area contributed by atoms with Crippen LogP contribution in [0.15, 0.2) is 67.3 Å². The highest BCUT2D eigenvalue weighted by Gasteiger charge is 2.03. The zero-order valence-corrected chi connectivity index (χ0v) is 13.8. The van der Waals surface area contributed by atoms with Crippen molar-refractivity contribution < 1.29 is 9.53 Å². The second kappa shape index (κ2) is 8.63. The van der Waals surface area contributed by atoms with Gasteiger partial charge in [0.25, 0.3) is 0 Å². The number of nitrogens with one attached hydrogen (secondary N) is 1. The number of hydrogen-bond acceptors (Lipinski definition) is 4. The lowest BCUT2D eigenvalue weighted by Crippen LogP contribution is -2.12. The van der Waals surface area contributed by atoms with Crippen LogP contribution in [-0.2, 0) is 17.9 Å². The number of aromatic nitrogens is 3. The van der Waals surface area contributed by atoms with Crippen molar-refractivity contribution in [3.63, 3.8) is 0 Å². The van der Waals surface area contributed by atoms with Crippen LogP contribution in [0.1, 0.15) is 18.4 Å². The lowest BCUT2D eigenvalue weighted by molar-refractivity contribution is -0.116. The van der Waals surface area contributed by atoms with Crippen molar-refractivity contribution in [2.24, 2.45) is 0 Å². The first kappa shape index (κ1) is 16.7. The molecule has 0 aliphatic rings. The first-order chi connectivity index (χ1) is 12.3. The number of nitrogens with zero attached hydrogens (tertiary/aromatic N) is 3. The molecule has 0 bridgehead atoms. The molecule has 1 N–H and O–H groups in total. The average molecular weight is 336 g/mol. The topological polar surface area (TPSA) is 69.0 Å². The second-order valence-corrected chi connectivity index (χ2v) is 5.61. The van der Waals surface area contributed by atoms with Gasteiger partial charge in [0.1, 0.15) is 25.0 Å². The minimum atomic E-state index is -0.0157. The SMILES string of the molecule is O=C(CCCn1cncn1)Nc1ccc(OCc2ccccc2)cc1. The first-order valence-electron chi connectivity index (χ1n) is 8.19. The van der Waals surface area contributed by atoms with Crippen molar-refractivity contribution in [3.8, 4) is 5.75 Å². The molecule has 3 aromatic rings. The van der Waals surface area contributed by atoms with Gasteiger partial charge in [0.15, 0.2) is 0 Å². The lowest BCUT2D eigenvalue weighted by atomic mass is 10.2. The number of rotatable bonds is 8. The summed E-state index contributed by atoms with van der Waals surface area (Å²) in [6, 6.07) is 17.4. The van der Waals surface area contributed by atoms with Crippen LogP contribution in [0.3, 0.4) is 0 Å². The largest absolute Gasteiger partial charge is 0.489 e. The summed E-state index contributed by atoms with van der Waals surface area (Å²) in [5.41, 5.74) is 1.88. The number of amides is 1. The van der Waals surface area contributed by atoms with Gasteiger partial charge in [0.05, 0.1) is 0 Å². The molecule has 0 aliphatic heterocycles. The predicted octanol–water partition coefficient (Wildman–Crippen LogP) is 3.28. The number of hydrogen-bond donors (Lipinski definition) is 1. The van der Waals surface area contributed by atoms with Crippen molar-refractivity contribution in [2.75, 3.05) is 5.32 Å². The van der Waals surface area contributed by atoms with E-state index in [0.29, 0.717) is 26.0 Å². The van der Waals surface area contributed by atoms with E-state index in [9.17, 15) is 4.79 Å². The standard InChI is InChI=1S/C19H20N4O2/c24-19(7-4-12-23-15-20-14-21-23)22-17-8-10-18(11-9-17)25-13-16-5-2-1-3-6-16/h1-3,5-6,8-11,14-15H,4,7,12-13H2,(H,22,24). The maximum Gasteiger partial charge on any atom is 0.224 e. The molecule has 0 saturated carbocycles. The zero-order valence-electron chi connectivity index (χ0n) is 13.8. The molecule has 6 nitrogen and oxygen atoms in total. The van der Waals surface area contributed by atoms with E-state index >= 15 is 0 Å². The highest BCUT2D eigenvalue weighted by molar-refractivity contribution is 5.90. The first-order valence-corrected chi connectivity index (χ1v) is 8.19. The Morgan fingerprint density at radius 1 is 1.08 bits per heavy atom. The number of ether oxygens (including phenoxy) is 1. The number of benzene rings is 2. The summed E-state index contributed by atoms with van der Waals surface area (Å²) in [4.78, 5) is 15.8. The predicted molar refractivity (Wildman–Crippen MR) is 95.1 cm³/mol. The van der Waals surface area contributed by atoms with Gasteiger partial charge in [-0.25, -0.2) is 4.98 Å². The van der Waals surface area contributed by atoms with Gasteiger partial charge in [-0.15, -0.1) is 0 Å². The van der Waals surface area contributed by atoms with E-state index in [2.05, 4.69) is 15.4 Å². The molecule has 0 radical (unpaired) electrons. The maximum absolute atomic E-state index is 11.9. The van der Waals surface area contributed by atoms with Gasteiger partial charge in [-0.1, -0.05) is 30.3 Å². The third kappa shape index (κ3) is 5.46. The fourth-order valence-electron chi connectivity index (χ4n) is 2.35. The van der Waals surface area contributed by atoms with Crippen LogP contribution >= 0.6 is 0 Å². The molecule has 128 valence electrons. The maximum atomic E-state index is 11.9. The Morgan fingerprint density at radius 2 is 1.88 bits per heavy atom. The van der Waals surface area contributed by atoms with Crippen molar-refractivity contribution in [3.05, 3.63) is 72.8 Å². The van der Waals surface area contributed by atoms with Gasteiger partial charge in [0.2, 0.25) is 5.91 Å². The van der Waals surface area contributed by atoms with Crippen LogP contribution in [0, 0.1) is 0 Å². The second-order valence-electron chi connectivity index (χ2n) is 5.61. The summed E-state index contributed by atoms with van der Waals surface area (Å²) in [6.07, 6.45) is 4.28. The average Bonchev–Trinajstić information content (AvgIpc) is 3.15. The summed E-state index contributed by atoms with van der Waals surface area (Å²) in [5.74, 6) is 0.756. The third-order valence-electron chi connectivity index (χ3n) is 3.64. The molecule has 1 amide bonds. The zero-order chi connectivity index (χ0) is 17.3. The molecule has 3 rings (SSSR count). The molecule has 1 heterocycles. The van der Waals surface area contributed by atoms with E-state index in [1.54, 1.807) is 11.0 Å². The van der Waals surface area contributed by atoms with E-state index in [0.717, 1.165) is 17.0 Å². The highest BCUT2D eigenvalue weighted by atomic mass is 16.5. The molecule has 25 heavy (non-hydrogen) atoms. The summed E-state index contributed by atoms with van der Waals surface area (Å²) in [5, 5.41) is 6.89. The Bertz CT molecular complexity index is 771. The van der Waals surface area contributed by atoms with Crippen molar-refractivity contribution in [2.45, 2.75) is 26.0 Å². The summed E-state index contributed by atoms with van der Waals surface area (Å²) in [6.45, 7) is 1.20. The van der Waals surface area contributed by atoms with Crippen LogP contribution in [0.25, 0.3) is 0 Å². The molecule has 0 spiro atoms. The third-order valence-corrected chi connectivity index (χ3v) is 3.64. The van der Waals surface area contributed by atoms with Crippen LogP contribution in [0.4, 0.5) is 5.69 Å². The molecule has 6 heteroatoms. The van der Waals surface area contributed by atoms with Crippen LogP contribution < -0.4 is 10.1 Å². The number of aryl methyl sites for hydroxylation is 1. The number of carbonyl (C=O) groups excluding carboxylic acids is 1. The van der Waals surface area contributed by atoms with Crippen molar-refractivity contribution >= 4 is 11.6 Å². The number of carbonyl (C=O) groups is 1. The van der Waals surface area contributed by atoms with E-state index in [-0.39, 0.29) is 5.91 Å². The normalized spacial score (nSPS) is 10.4. The fourth-order valence-corrected chi connectivity index (χ4v) is 2.35. The molecule has 0 unspecified atom stereocenters. The van der Waals surface area contributed by atoms with Crippen LogP contribution in [0.5, 0.6) is 5.75 Å². The van der Waals surface area contributed by atoms with E-state index in [1.807, 2.05) is 54.6 Å². The van der Waals surface area contributed by atoms with Crippen LogP contribution in [-0.4, -0.2) is 20.7 Å². The minimum Gasteiger partial charge on any atom is -0.489 e. The Kier molecular flexibility index (Phi) is 5.77. The summed E-state index contributed by atoms with van der Waals surface area (Å²) < 4.78 is 7.44. The number of anilines is 1. The Balaban J connectivity index is 1.41. The monoisotopic (exact) mass is 336 g/mol. The van der Waals surface area contributed by atoms with Gasteiger partial charge in [-0.2, -0.15) is 5.10 Å². The van der Waals surface area contributed by atoms with Crippen LogP contribution in [0.2, 0.25) is 0 Å². The summed E-state index contributed by atoms with van der Waals surface area (Å²) >= 11 is 0. The minimum absolute atomic E-state index is 0.0157.